The molecule has 2 aromatic heterocycles. The summed E-state index contributed by atoms with van der Waals surface area (Å²) in [6.07, 6.45) is 6.58. The summed E-state index contributed by atoms with van der Waals surface area (Å²) in [5, 5.41) is 2.78. The van der Waals surface area contributed by atoms with Crippen molar-refractivity contribution in [3.8, 4) is 0 Å². The van der Waals surface area contributed by atoms with Crippen LogP contribution in [0, 0.1) is 6.92 Å². The predicted molar refractivity (Wildman–Crippen MR) is 90.1 cm³/mol. The number of anilines is 1. The highest BCUT2D eigenvalue weighted by atomic mass is 16.6. The van der Waals surface area contributed by atoms with Crippen LogP contribution in [0.15, 0.2) is 24.8 Å². The zero-order valence-corrected chi connectivity index (χ0v) is 14.2. The molecule has 0 radical (unpaired) electrons. The first-order valence-corrected chi connectivity index (χ1v) is 8.06. The van der Waals surface area contributed by atoms with Gasteiger partial charge in [0.2, 0.25) is 0 Å². The highest BCUT2D eigenvalue weighted by Gasteiger charge is 2.25. The minimum absolute atomic E-state index is 0.263. The number of fused-ring (bicyclic) bond motifs is 1. The first-order valence-electron chi connectivity index (χ1n) is 8.06. The van der Waals surface area contributed by atoms with Crippen LogP contribution >= 0.6 is 0 Å². The summed E-state index contributed by atoms with van der Waals surface area (Å²) in [6.45, 7) is 4.77. The van der Waals surface area contributed by atoms with Crippen molar-refractivity contribution in [2.75, 3.05) is 18.5 Å². The van der Waals surface area contributed by atoms with E-state index >= 15 is 0 Å². The van der Waals surface area contributed by atoms with Crippen LogP contribution in [0.3, 0.4) is 0 Å². The molecule has 2 aromatic rings. The summed E-state index contributed by atoms with van der Waals surface area (Å²) in [6, 6.07) is 0. The summed E-state index contributed by atoms with van der Waals surface area (Å²) < 4.78 is 5.04. The van der Waals surface area contributed by atoms with Gasteiger partial charge < -0.3 is 15.0 Å². The fourth-order valence-corrected chi connectivity index (χ4v) is 2.72. The van der Waals surface area contributed by atoms with Crippen molar-refractivity contribution in [1.82, 2.24) is 19.9 Å². The molecular formula is C17H19N5O3. The normalized spacial score (nSPS) is 13.1. The van der Waals surface area contributed by atoms with Gasteiger partial charge in [0.15, 0.2) is 0 Å². The van der Waals surface area contributed by atoms with Gasteiger partial charge in [0.1, 0.15) is 5.82 Å². The maximum atomic E-state index is 12.6. The van der Waals surface area contributed by atoms with E-state index in [1.54, 1.807) is 43.5 Å². The molecule has 0 unspecified atom stereocenters. The monoisotopic (exact) mass is 341 g/mol. The minimum Gasteiger partial charge on any atom is -0.450 e. The van der Waals surface area contributed by atoms with E-state index in [0.29, 0.717) is 43.2 Å². The van der Waals surface area contributed by atoms with Crippen molar-refractivity contribution in [2.45, 2.75) is 26.8 Å². The van der Waals surface area contributed by atoms with E-state index in [-0.39, 0.29) is 12.0 Å². The molecule has 1 aliphatic rings. The number of nitrogens with one attached hydrogen (secondary N) is 1. The second-order valence-corrected chi connectivity index (χ2v) is 5.67. The highest BCUT2D eigenvalue weighted by Crippen LogP contribution is 2.23. The van der Waals surface area contributed by atoms with Crippen LogP contribution in [0.5, 0.6) is 0 Å². The summed E-state index contributed by atoms with van der Waals surface area (Å²) in [4.78, 5) is 38.3. The fourth-order valence-electron chi connectivity index (χ4n) is 2.72. The van der Waals surface area contributed by atoms with Gasteiger partial charge >= 0.3 is 6.09 Å². The highest BCUT2D eigenvalue weighted by molar-refractivity contribution is 6.05. The van der Waals surface area contributed by atoms with E-state index in [4.69, 9.17) is 4.74 Å². The molecule has 8 heteroatoms. The summed E-state index contributed by atoms with van der Waals surface area (Å²) in [7, 11) is 0. The Morgan fingerprint density at radius 1 is 1.24 bits per heavy atom. The Kier molecular flexibility index (Phi) is 4.87. The van der Waals surface area contributed by atoms with Gasteiger partial charge in [-0.2, -0.15) is 0 Å². The number of carbonyl (C=O) groups is 2. The molecule has 0 saturated heterocycles. The third kappa shape index (κ3) is 3.73. The molecule has 0 fully saturated rings. The number of pyridine rings is 1. The number of ether oxygens (including phenoxy) is 1. The predicted octanol–water partition coefficient (Wildman–Crippen LogP) is 1.95. The van der Waals surface area contributed by atoms with Gasteiger partial charge in [-0.3, -0.25) is 9.78 Å². The number of nitrogens with zero attached hydrogens (tertiary/aromatic N) is 4. The van der Waals surface area contributed by atoms with Crippen LogP contribution in [0.25, 0.3) is 0 Å². The fraction of sp³-hybridized carbons (Fsp3) is 0.353. The molecule has 0 bridgehead atoms. The molecule has 3 heterocycles. The lowest BCUT2D eigenvalue weighted by Crippen LogP contribution is -2.37. The Bertz CT molecular complexity index is 791. The van der Waals surface area contributed by atoms with Crippen LogP contribution in [-0.2, 0) is 17.7 Å². The van der Waals surface area contributed by atoms with E-state index in [9.17, 15) is 9.59 Å². The first kappa shape index (κ1) is 16.8. The lowest BCUT2D eigenvalue weighted by molar-refractivity contribution is 0.101. The molecular weight excluding hydrogens is 322 g/mol. The molecule has 8 nitrogen and oxygen atoms in total. The number of carbonyl (C=O) groups excluding carboxylic acids is 2. The standard InChI is InChI=1S/C17H19N5O3/c1-3-25-17(24)22-5-4-14-12(10-22)6-18-9-15(14)16(23)21-13-7-19-11(2)20-8-13/h6-9H,3-5,10H2,1-2H3,(H,21,23). The molecule has 0 saturated carbocycles. The maximum absolute atomic E-state index is 12.6. The molecule has 1 N–H and O–H groups in total. The summed E-state index contributed by atoms with van der Waals surface area (Å²) in [5.74, 6) is 0.372. The van der Waals surface area contributed by atoms with Crippen molar-refractivity contribution < 1.29 is 14.3 Å². The van der Waals surface area contributed by atoms with Crippen LogP contribution in [-0.4, -0.2) is 45.0 Å². The Morgan fingerprint density at radius 2 is 2.00 bits per heavy atom. The Morgan fingerprint density at radius 3 is 2.72 bits per heavy atom. The van der Waals surface area contributed by atoms with Crippen molar-refractivity contribution >= 4 is 17.7 Å². The largest absolute Gasteiger partial charge is 0.450 e. The Labute approximate surface area is 145 Å². The van der Waals surface area contributed by atoms with E-state index in [2.05, 4.69) is 20.3 Å². The molecule has 0 atom stereocenters. The maximum Gasteiger partial charge on any atom is 0.410 e. The summed E-state index contributed by atoms with van der Waals surface area (Å²) in [5.41, 5.74) is 2.78. The van der Waals surface area contributed by atoms with Crippen molar-refractivity contribution in [3.63, 3.8) is 0 Å². The topological polar surface area (TPSA) is 97.3 Å². The molecule has 130 valence electrons. The molecule has 0 aromatic carbocycles. The van der Waals surface area contributed by atoms with E-state index in [1.165, 1.54) is 0 Å². The Balaban J connectivity index is 1.78. The number of amides is 2. The number of hydrogen-bond donors (Lipinski definition) is 1. The zero-order valence-electron chi connectivity index (χ0n) is 14.2. The van der Waals surface area contributed by atoms with Crippen molar-refractivity contribution in [2.24, 2.45) is 0 Å². The van der Waals surface area contributed by atoms with Gasteiger partial charge in [0.25, 0.3) is 5.91 Å². The quantitative estimate of drug-likeness (QED) is 0.916. The van der Waals surface area contributed by atoms with Crippen LogP contribution in [0.2, 0.25) is 0 Å². The average Bonchev–Trinajstić information content (AvgIpc) is 2.62. The molecule has 2 amide bonds. The zero-order chi connectivity index (χ0) is 17.8. The van der Waals surface area contributed by atoms with Crippen LogP contribution in [0.1, 0.15) is 34.2 Å². The lowest BCUT2D eigenvalue weighted by atomic mass is 9.97. The molecule has 0 spiro atoms. The van der Waals surface area contributed by atoms with Gasteiger partial charge in [0.05, 0.1) is 36.8 Å². The van der Waals surface area contributed by atoms with Gasteiger partial charge in [-0.05, 0) is 31.4 Å². The minimum atomic E-state index is -0.347. The average molecular weight is 341 g/mol. The number of aryl methyl sites for hydroxylation is 1. The van der Waals surface area contributed by atoms with E-state index in [1.807, 2.05) is 0 Å². The Hall–Kier alpha value is -3.03. The molecule has 0 aliphatic carbocycles. The number of aromatic nitrogens is 3. The SMILES string of the molecule is CCOC(=O)N1CCc2c(cncc2C(=O)Nc2cnc(C)nc2)C1. The lowest BCUT2D eigenvalue weighted by Gasteiger charge is -2.28. The smallest absolute Gasteiger partial charge is 0.410 e. The van der Waals surface area contributed by atoms with Gasteiger partial charge in [0, 0.05) is 18.9 Å². The third-order valence-corrected chi connectivity index (χ3v) is 3.95. The van der Waals surface area contributed by atoms with E-state index in [0.717, 1.165) is 11.1 Å². The van der Waals surface area contributed by atoms with Crippen molar-refractivity contribution in [3.05, 3.63) is 47.3 Å². The second kappa shape index (κ2) is 7.25. The van der Waals surface area contributed by atoms with Gasteiger partial charge in [-0.1, -0.05) is 0 Å². The molecule has 1 aliphatic heterocycles. The number of rotatable bonds is 3. The molecule has 3 rings (SSSR count). The van der Waals surface area contributed by atoms with Gasteiger partial charge in [-0.25, -0.2) is 14.8 Å². The van der Waals surface area contributed by atoms with Crippen molar-refractivity contribution in [1.29, 1.82) is 0 Å². The third-order valence-electron chi connectivity index (χ3n) is 3.95. The second-order valence-electron chi connectivity index (χ2n) is 5.67. The van der Waals surface area contributed by atoms with Crippen LogP contribution < -0.4 is 5.32 Å². The van der Waals surface area contributed by atoms with Gasteiger partial charge in [-0.15, -0.1) is 0 Å². The van der Waals surface area contributed by atoms with Crippen LogP contribution in [0.4, 0.5) is 10.5 Å². The summed E-state index contributed by atoms with van der Waals surface area (Å²) >= 11 is 0. The first-order chi connectivity index (χ1) is 12.1. The van der Waals surface area contributed by atoms with E-state index < -0.39 is 0 Å². The number of hydrogen-bond acceptors (Lipinski definition) is 6. The molecule has 25 heavy (non-hydrogen) atoms.